The van der Waals surface area contributed by atoms with E-state index in [0.717, 1.165) is 23.7 Å². The van der Waals surface area contributed by atoms with Crippen molar-refractivity contribution >= 4 is 0 Å². The quantitative estimate of drug-likeness (QED) is 0.524. The molecular formula is C23H32. The highest BCUT2D eigenvalue weighted by molar-refractivity contribution is 5.25. The number of rotatable bonds is 5. The van der Waals surface area contributed by atoms with Gasteiger partial charge in [-0.25, -0.2) is 0 Å². The summed E-state index contributed by atoms with van der Waals surface area (Å²) in [4.78, 5) is 0. The maximum absolute atomic E-state index is 3.85. The van der Waals surface area contributed by atoms with Gasteiger partial charge < -0.3 is 0 Å². The van der Waals surface area contributed by atoms with E-state index in [2.05, 4.69) is 56.0 Å². The number of hydrogen-bond acceptors (Lipinski definition) is 0. The second kappa shape index (κ2) is 7.99. The summed E-state index contributed by atoms with van der Waals surface area (Å²) in [6.07, 6.45) is 18.0. The Hall–Kier alpha value is -1.30. The molecule has 1 aromatic carbocycles. The maximum Gasteiger partial charge on any atom is -0.0162 e. The molecule has 3 rings (SSSR count). The highest BCUT2D eigenvalue weighted by Gasteiger charge is 2.28. The molecule has 2 aliphatic carbocycles. The molecule has 0 heterocycles. The zero-order valence-electron chi connectivity index (χ0n) is 14.7. The zero-order chi connectivity index (χ0) is 16.1. The summed E-state index contributed by atoms with van der Waals surface area (Å²) < 4.78 is 0. The van der Waals surface area contributed by atoms with Gasteiger partial charge in [0.15, 0.2) is 0 Å². The van der Waals surface area contributed by atoms with Crippen LogP contribution >= 0.6 is 0 Å². The Balaban J connectivity index is 1.49. The van der Waals surface area contributed by atoms with Gasteiger partial charge in [0.1, 0.15) is 0 Å². The molecule has 0 nitrogen and oxygen atoms in total. The fourth-order valence-corrected chi connectivity index (χ4v) is 4.58. The van der Waals surface area contributed by atoms with E-state index in [0.29, 0.717) is 0 Å². The number of hydrogen-bond donors (Lipinski definition) is 0. The van der Waals surface area contributed by atoms with Gasteiger partial charge in [0.25, 0.3) is 0 Å². The second-order valence-electron chi connectivity index (χ2n) is 7.77. The van der Waals surface area contributed by atoms with Gasteiger partial charge in [-0.3, -0.25) is 0 Å². The Bertz CT molecular complexity index is 513. The predicted molar refractivity (Wildman–Crippen MR) is 101 cm³/mol. The molecule has 1 aromatic rings. The van der Waals surface area contributed by atoms with Crippen molar-refractivity contribution in [2.45, 2.75) is 64.2 Å². The standard InChI is InChI=1S/C23H32/c1-3-4-5-19-8-12-21(13-9-19)23-16-14-22(15-17-23)20-10-6-18(2)7-11-20/h3,6-8,10-12,19,21-23H,1,4-5,9,13-17H2,2H3. The molecule has 1 saturated carbocycles. The summed E-state index contributed by atoms with van der Waals surface area (Å²) in [7, 11) is 0. The fourth-order valence-electron chi connectivity index (χ4n) is 4.58. The monoisotopic (exact) mass is 308 g/mol. The Morgan fingerprint density at radius 2 is 1.70 bits per heavy atom. The van der Waals surface area contributed by atoms with Gasteiger partial charge in [0.2, 0.25) is 0 Å². The van der Waals surface area contributed by atoms with Gasteiger partial charge in [0.05, 0.1) is 0 Å². The van der Waals surface area contributed by atoms with Crippen molar-refractivity contribution in [1.82, 2.24) is 0 Å². The molecule has 0 bridgehead atoms. The SMILES string of the molecule is C=CCCC1C=CC(C2CCC(c3ccc(C)cc3)CC2)CC1. The lowest BCUT2D eigenvalue weighted by Gasteiger charge is -2.35. The second-order valence-corrected chi connectivity index (χ2v) is 7.77. The first-order valence-corrected chi connectivity index (χ1v) is 9.62. The van der Waals surface area contributed by atoms with Gasteiger partial charge in [-0.2, -0.15) is 0 Å². The first-order valence-electron chi connectivity index (χ1n) is 9.62. The molecule has 1 fully saturated rings. The molecule has 0 heteroatoms. The third-order valence-corrected chi connectivity index (χ3v) is 6.17. The molecule has 0 N–H and O–H groups in total. The molecule has 0 amide bonds. The lowest BCUT2D eigenvalue weighted by atomic mass is 9.70. The lowest BCUT2D eigenvalue weighted by molar-refractivity contribution is 0.239. The number of allylic oxidation sites excluding steroid dienone is 3. The minimum absolute atomic E-state index is 0.805. The average Bonchev–Trinajstić information content (AvgIpc) is 2.61. The lowest BCUT2D eigenvalue weighted by Crippen LogP contribution is -2.22. The van der Waals surface area contributed by atoms with Crippen LogP contribution in [-0.4, -0.2) is 0 Å². The van der Waals surface area contributed by atoms with Gasteiger partial charge in [-0.05, 0) is 87.5 Å². The van der Waals surface area contributed by atoms with Crippen molar-refractivity contribution in [3.05, 3.63) is 60.2 Å². The highest BCUT2D eigenvalue weighted by Crippen LogP contribution is 2.42. The van der Waals surface area contributed by atoms with E-state index in [-0.39, 0.29) is 0 Å². The van der Waals surface area contributed by atoms with Crippen LogP contribution in [0.15, 0.2) is 49.1 Å². The summed E-state index contributed by atoms with van der Waals surface area (Å²) >= 11 is 0. The van der Waals surface area contributed by atoms with Crippen LogP contribution in [-0.2, 0) is 0 Å². The smallest absolute Gasteiger partial charge is 0.0162 e. The van der Waals surface area contributed by atoms with Crippen LogP contribution in [0.4, 0.5) is 0 Å². The van der Waals surface area contributed by atoms with E-state index < -0.39 is 0 Å². The van der Waals surface area contributed by atoms with Crippen molar-refractivity contribution in [1.29, 1.82) is 0 Å². The molecule has 0 aliphatic heterocycles. The number of aryl methyl sites for hydroxylation is 1. The molecule has 2 unspecified atom stereocenters. The van der Waals surface area contributed by atoms with E-state index >= 15 is 0 Å². The molecule has 0 spiro atoms. The largest absolute Gasteiger partial charge is 0.103 e. The minimum Gasteiger partial charge on any atom is -0.103 e. The molecule has 124 valence electrons. The summed E-state index contributed by atoms with van der Waals surface area (Å²) in [5.41, 5.74) is 2.94. The van der Waals surface area contributed by atoms with Gasteiger partial charge in [-0.1, -0.05) is 48.1 Å². The molecule has 2 aliphatic rings. The van der Waals surface area contributed by atoms with E-state index in [1.54, 1.807) is 5.56 Å². The van der Waals surface area contributed by atoms with E-state index in [4.69, 9.17) is 0 Å². The summed E-state index contributed by atoms with van der Waals surface area (Å²) in [5.74, 6) is 3.41. The Kier molecular flexibility index (Phi) is 5.75. The van der Waals surface area contributed by atoms with Crippen LogP contribution in [0.2, 0.25) is 0 Å². The Morgan fingerprint density at radius 1 is 0.957 bits per heavy atom. The predicted octanol–water partition coefficient (Wildman–Crippen LogP) is 6.82. The van der Waals surface area contributed by atoms with E-state index in [1.807, 2.05) is 0 Å². The zero-order valence-corrected chi connectivity index (χ0v) is 14.7. The van der Waals surface area contributed by atoms with Crippen molar-refractivity contribution in [2.75, 3.05) is 0 Å². The molecule has 2 atom stereocenters. The topological polar surface area (TPSA) is 0 Å². The molecule has 23 heavy (non-hydrogen) atoms. The first-order chi connectivity index (χ1) is 11.3. The van der Waals surface area contributed by atoms with Crippen LogP contribution in [0.5, 0.6) is 0 Å². The van der Waals surface area contributed by atoms with Crippen molar-refractivity contribution in [3.63, 3.8) is 0 Å². The van der Waals surface area contributed by atoms with Crippen molar-refractivity contribution < 1.29 is 0 Å². The van der Waals surface area contributed by atoms with Crippen molar-refractivity contribution in [2.24, 2.45) is 17.8 Å². The van der Waals surface area contributed by atoms with Crippen LogP contribution in [0.3, 0.4) is 0 Å². The normalized spacial score (nSPS) is 31.0. The fraction of sp³-hybridized carbons (Fsp3) is 0.565. The Morgan fingerprint density at radius 3 is 2.30 bits per heavy atom. The third-order valence-electron chi connectivity index (χ3n) is 6.17. The first kappa shape index (κ1) is 16.6. The highest BCUT2D eigenvalue weighted by atomic mass is 14.3. The van der Waals surface area contributed by atoms with Crippen molar-refractivity contribution in [3.8, 4) is 0 Å². The molecular weight excluding hydrogens is 276 g/mol. The average molecular weight is 309 g/mol. The van der Waals surface area contributed by atoms with E-state index in [1.165, 1.54) is 56.9 Å². The van der Waals surface area contributed by atoms with Crippen LogP contribution < -0.4 is 0 Å². The summed E-state index contributed by atoms with van der Waals surface area (Å²) in [6.45, 7) is 6.03. The van der Waals surface area contributed by atoms with E-state index in [9.17, 15) is 0 Å². The third kappa shape index (κ3) is 4.37. The molecule has 0 radical (unpaired) electrons. The molecule has 0 saturated heterocycles. The Labute approximate surface area is 142 Å². The van der Waals surface area contributed by atoms with Gasteiger partial charge >= 0.3 is 0 Å². The van der Waals surface area contributed by atoms with Gasteiger partial charge in [0, 0.05) is 0 Å². The van der Waals surface area contributed by atoms with Crippen LogP contribution in [0.25, 0.3) is 0 Å². The summed E-state index contributed by atoms with van der Waals surface area (Å²) in [6, 6.07) is 9.25. The van der Waals surface area contributed by atoms with Crippen LogP contribution in [0, 0.1) is 24.7 Å². The number of benzene rings is 1. The minimum atomic E-state index is 0.805. The molecule has 0 aromatic heterocycles. The summed E-state index contributed by atoms with van der Waals surface area (Å²) in [5, 5.41) is 0. The van der Waals surface area contributed by atoms with Crippen LogP contribution in [0.1, 0.15) is 68.4 Å². The van der Waals surface area contributed by atoms with Gasteiger partial charge in [-0.15, -0.1) is 6.58 Å². The maximum atomic E-state index is 3.85.